The molecule has 2 aromatic carbocycles. The Kier molecular flexibility index (Phi) is 7.07. The number of carbonyl (C=O) groups is 2. The molecule has 0 radical (unpaired) electrons. The number of amides is 1. The van der Waals surface area contributed by atoms with Crippen molar-refractivity contribution in [2.24, 2.45) is 0 Å². The molecule has 1 aromatic heterocycles. The topological polar surface area (TPSA) is 94.8 Å². The summed E-state index contributed by atoms with van der Waals surface area (Å²) in [6.45, 7) is 6.15. The highest BCUT2D eigenvalue weighted by Gasteiger charge is 2.18. The van der Waals surface area contributed by atoms with Gasteiger partial charge in [-0.2, -0.15) is 0 Å². The Morgan fingerprint density at radius 3 is 2.55 bits per heavy atom. The Labute approximate surface area is 180 Å². The van der Waals surface area contributed by atoms with E-state index in [4.69, 9.17) is 13.9 Å². The van der Waals surface area contributed by atoms with E-state index in [0.29, 0.717) is 23.4 Å². The van der Waals surface area contributed by atoms with Gasteiger partial charge in [0.2, 0.25) is 0 Å². The molecule has 0 unspecified atom stereocenters. The lowest BCUT2D eigenvalue weighted by Crippen LogP contribution is -2.36. The second-order valence-electron chi connectivity index (χ2n) is 7.23. The van der Waals surface area contributed by atoms with Gasteiger partial charge < -0.3 is 19.2 Å². The van der Waals surface area contributed by atoms with Gasteiger partial charge in [-0.15, -0.1) is 0 Å². The van der Waals surface area contributed by atoms with Crippen molar-refractivity contribution in [3.05, 3.63) is 75.6 Å². The highest BCUT2D eigenvalue weighted by Crippen LogP contribution is 2.23. The van der Waals surface area contributed by atoms with Crippen LogP contribution >= 0.6 is 0 Å². The van der Waals surface area contributed by atoms with Gasteiger partial charge in [0, 0.05) is 24.1 Å². The molecule has 1 amide bonds. The predicted octanol–water partition coefficient (Wildman–Crippen LogP) is 3.75. The molecule has 0 aliphatic rings. The summed E-state index contributed by atoms with van der Waals surface area (Å²) in [5, 5.41) is 3.54. The molecule has 0 fully saturated rings. The molecule has 0 saturated heterocycles. The average Bonchev–Trinajstić information content (AvgIpc) is 2.75. The van der Waals surface area contributed by atoms with Crippen molar-refractivity contribution in [3.63, 3.8) is 0 Å². The van der Waals surface area contributed by atoms with Crippen molar-refractivity contribution >= 4 is 22.8 Å². The molecule has 0 aliphatic carbocycles. The van der Waals surface area contributed by atoms with Crippen LogP contribution in [0, 0.1) is 6.92 Å². The van der Waals surface area contributed by atoms with Crippen LogP contribution in [-0.2, 0) is 16.1 Å². The number of benzene rings is 2. The van der Waals surface area contributed by atoms with Gasteiger partial charge >= 0.3 is 11.6 Å². The lowest BCUT2D eigenvalue weighted by molar-refractivity contribution is -0.129. The maximum absolute atomic E-state index is 12.2. The molecule has 1 heterocycles. The zero-order valence-corrected chi connectivity index (χ0v) is 17.8. The quantitative estimate of drug-likeness (QED) is 0.438. The molecule has 1 atom stereocenters. The van der Waals surface area contributed by atoms with E-state index in [0.717, 1.165) is 22.9 Å². The van der Waals surface area contributed by atoms with Crippen LogP contribution in [0.2, 0.25) is 0 Å². The normalized spacial score (nSPS) is 11.7. The number of hydrogen-bond acceptors (Lipinski definition) is 6. The Morgan fingerprint density at radius 2 is 1.84 bits per heavy atom. The summed E-state index contributed by atoms with van der Waals surface area (Å²) < 4.78 is 16.2. The number of fused-ring (bicyclic) bond motifs is 1. The van der Waals surface area contributed by atoms with E-state index in [-0.39, 0.29) is 12.5 Å². The molecular formula is C24H25NO6. The Morgan fingerprint density at radius 1 is 1.10 bits per heavy atom. The van der Waals surface area contributed by atoms with E-state index >= 15 is 0 Å². The minimum Gasteiger partial charge on any atom is -0.489 e. The minimum atomic E-state index is -0.862. The zero-order chi connectivity index (χ0) is 22.4. The van der Waals surface area contributed by atoms with Crippen LogP contribution in [0.4, 0.5) is 0 Å². The summed E-state index contributed by atoms with van der Waals surface area (Å²) in [5.74, 6) is -0.315. The van der Waals surface area contributed by atoms with Crippen LogP contribution in [0.15, 0.2) is 57.7 Å². The Balaban J connectivity index is 1.59. The summed E-state index contributed by atoms with van der Waals surface area (Å²) >= 11 is 0. The van der Waals surface area contributed by atoms with Gasteiger partial charge in [0.15, 0.2) is 6.10 Å². The standard InChI is InChI=1S/C24H25NO6/c1-4-11-25-23(27)16(3)30-24(28)18-7-5-17(6-8-18)14-29-19-9-10-20-15(2)12-22(26)31-21(20)13-19/h5-10,12-13,16H,4,11,14H2,1-3H3,(H,25,27)/t16-/m1/s1. The van der Waals surface area contributed by atoms with Crippen molar-refractivity contribution in [2.75, 3.05) is 6.54 Å². The first-order valence-electron chi connectivity index (χ1n) is 10.1. The third kappa shape index (κ3) is 5.72. The fourth-order valence-electron chi connectivity index (χ4n) is 2.97. The summed E-state index contributed by atoms with van der Waals surface area (Å²) in [4.78, 5) is 35.6. The molecule has 7 nitrogen and oxygen atoms in total. The van der Waals surface area contributed by atoms with E-state index < -0.39 is 17.7 Å². The van der Waals surface area contributed by atoms with E-state index in [1.54, 1.807) is 30.3 Å². The first kappa shape index (κ1) is 22.1. The molecule has 0 bridgehead atoms. The first-order chi connectivity index (χ1) is 14.9. The second-order valence-corrected chi connectivity index (χ2v) is 7.23. The monoisotopic (exact) mass is 423 g/mol. The molecule has 3 rings (SSSR count). The molecule has 0 aliphatic heterocycles. The summed E-state index contributed by atoms with van der Waals surface area (Å²) in [6.07, 6.45) is -0.0536. The molecule has 0 saturated carbocycles. The van der Waals surface area contributed by atoms with Crippen molar-refractivity contribution < 1.29 is 23.5 Å². The van der Waals surface area contributed by atoms with Gasteiger partial charge in [0.1, 0.15) is 17.9 Å². The van der Waals surface area contributed by atoms with Crippen molar-refractivity contribution in [1.29, 1.82) is 0 Å². The fraction of sp³-hybridized carbons (Fsp3) is 0.292. The average molecular weight is 423 g/mol. The van der Waals surface area contributed by atoms with Gasteiger partial charge in [0.25, 0.3) is 5.91 Å². The molecule has 3 aromatic rings. The molecule has 31 heavy (non-hydrogen) atoms. The minimum absolute atomic E-state index is 0.271. The second kappa shape index (κ2) is 9.93. The van der Waals surface area contributed by atoms with E-state index in [1.165, 1.54) is 13.0 Å². The molecule has 0 spiro atoms. The van der Waals surface area contributed by atoms with Crippen LogP contribution in [-0.4, -0.2) is 24.5 Å². The zero-order valence-electron chi connectivity index (χ0n) is 17.8. The number of hydrogen-bond donors (Lipinski definition) is 1. The summed E-state index contributed by atoms with van der Waals surface area (Å²) in [6, 6.07) is 13.6. The van der Waals surface area contributed by atoms with Crippen molar-refractivity contribution in [3.8, 4) is 5.75 Å². The largest absolute Gasteiger partial charge is 0.489 e. The Bertz CT molecular complexity index is 1130. The highest BCUT2D eigenvalue weighted by molar-refractivity contribution is 5.92. The van der Waals surface area contributed by atoms with E-state index in [1.807, 2.05) is 26.0 Å². The third-order valence-electron chi connectivity index (χ3n) is 4.72. The smallest absolute Gasteiger partial charge is 0.338 e. The summed E-state index contributed by atoms with van der Waals surface area (Å²) in [7, 11) is 0. The van der Waals surface area contributed by atoms with E-state index in [9.17, 15) is 14.4 Å². The number of carbonyl (C=O) groups excluding carboxylic acids is 2. The third-order valence-corrected chi connectivity index (χ3v) is 4.72. The molecule has 1 N–H and O–H groups in total. The van der Waals surface area contributed by atoms with Gasteiger partial charge in [-0.1, -0.05) is 19.1 Å². The van der Waals surface area contributed by atoms with Gasteiger partial charge in [-0.3, -0.25) is 4.79 Å². The van der Waals surface area contributed by atoms with Crippen LogP contribution in [0.3, 0.4) is 0 Å². The van der Waals surface area contributed by atoms with Crippen LogP contribution < -0.4 is 15.7 Å². The highest BCUT2D eigenvalue weighted by atomic mass is 16.5. The number of nitrogens with one attached hydrogen (secondary N) is 1. The van der Waals surface area contributed by atoms with Crippen molar-refractivity contribution in [2.45, 2.75) is 39.9 Å². The maximum Gasteiger partial charge on any atom is 0.338 e. The molecular weight excluding hydrogens is 398 g/mol. The number of rotatable bonds is 8. The van der Waals surface area contributed by atoms with Gasteiger partial charge in [0.05, 0.1) is 5.56 Å². The molecule has 7 heteroatoms. The predicted molar refractivity (Wildman–Crippen MR) is 116 cm³/mol. The Hall–Kier alpha value is -3.61. The molecule has 162 valence electrons. The SMILES string of the molecule is CCCNC(=O)[C@@H](C)OC(=O)c1ccc(COc2ccc3c(C)cc(=O)oc3c2)cc1. The first-order valence-corrected chi connectivity index (χ1v) is 10.1. The summed E-state index contributed by atoms with van der Waals surface area (Å²) in [5.41, 5.74) is 2.11. The lowest BCUT2D eigenvalue weighted by atomic mass is 10.1. The lowest BCUT2D eigenvalue weighted by Gasteiger charge is -2.13. The van der Waals surface area contributed by atoms with E-state index in [2.05, 4.69) is 5.32 Å². The van der Waals surface area contributed by atoms with Gasteiger partial charge in [-0.25, -0.2) is 9.59 Å². The number of aryl methyl sites for hydroxylation is 1. The van der Waals surface area contributed by atoms with Crippen LogP contribution in [0.1, 0.15) is 41.8 Å². The number of ether oxygens (including phenoxy) is 2. The maximum atomic E-state index is 12.2. The van der Waals surface area contributed by atoms with Crippen molar-refractivity contribution in [1.82, 2.24) is 5.32 Å². The fourth-order valence-corrected chi connectivity index (χ4v) is 2.97. The van der Waals surface area contributed by atoms with Crippen LogP contribution in [0.25, 0.3) is 11.0 Å². The van der Waals surface area contributed by atoms with Crippen LogP contribution in [0.5, 0.6) is 5.75 Å². The van der Waals surface area contributed by atoms with Gasteiger partial charge in [-0.05, 0) is 55.7 Å². The number of esters is 1.